The van der Waals surface area contributed by atoms with Crippen molar-refractivity contribution in [3.63, 3.8) is 0 Å². The smallest absolute Gasteiger partial charge is 0.229 e. The maximum absolute atomic E-state index is 12.6. The van der Waals surface area contributed by atoms with Crippen LogP contribution in [0.25, 0.3) is 0 Å². The van der Waals surface area contributed by atoms with Gasteiger partial charge in [-0.25, -0.2) is 0 Å². The summed E-state index contributed by atoms with van der Waals surface area (Å²) in [5.41, 5.74) is 2.42. The summed E-state index contributed by atoms with van der Waals surface area (Å²) in [5.74, 6) is 0.0978. The van der Waals surface area contributed by atoms with E-state index < -0.39 is 0 Å². The molecule has 0 spiro atoms. The summed E-state index contributed by atoms with van der Waals surface area (Å²) in [6, 6.07) is 8.33. The Morgan fingerprint density at radius 2 is 2.15 bits per heavy atom. The van der Waals surface area contributed by atoms with E-state index in [1.807, 2.05) is 24.1 Å². The fourth-order valence-electron chi connectivity index (χ4n) is 2.67. The van der Waals surface area contributed by atoms with Gasteiger partial charge in [0.25, 0.3) is 0 Å². The second kappa shape index (κ2) is 6.86. The third kappa shape index (κ3) is 3.38. The molecule has 1 saturated heterocycles. The van der Waals surface area contributed by atoms with E-state index in [0.717, 1.165) is 6.54 Å². The minimum atomic E-state index is -0.0658. The van der Waals surface area contributed by atoms with Gasteiger partial charge in [0.2, 0.25) is 5.91 Å². The number of hydrogen-bond donors (Lipinski definition) is 1. The zero-order chi connectivity index (χ0) is 14.5. The maximum atomic E-state index is 12.6. The number of carbonyl (C=O) groups is 1. The highest BCUT2D eigenvalue weighted by molar-refractivity contribution is 5.79. The molecular weight excluding hydrogens is 252 g/mol. The molecule has 1 amide bonds. The second-order valence-electron chi connectivity index (χ2n) is 5.43. The van der Waals surface area contributed by atoms with Crippen LogP contribution in [0.3, 0.4) is 0 Å². The number of likely N-dealkylation sites (N-methyl/N-ethyl adjacent to an activating group) is 1. The van der Waals surface area contributed by atoms with Crippen molar-refractivity contribution in [3.05, 3.63) is 35.4 Å². The molecule has 1 aliphatic heterocycles. The van der Waals surface area contributed by atoms with Crippen LogP contribution < -0.4 is 5.32 Å². The van der Waals surface area contributed by atoms with Crippen molar-refractivity contribution >= 4 is 5.91 Å². The van der Waals surface area contributed by atoms with Crippen molar-refractivity contribution in [1.29, 1.82) is 0 Å². The van der Waals surface area contributed by atoms with E-state index in [4.69, 9.17) is 4.74 Å². The first-order valence-corrected chi connectivity index (χ1v) is 7.24. The number of nitrogens with one attached hydrogen (secondary N) is 1. The van der Waals surface area contributed by atoms with E-state index >= 15 is 0 Å². The Bertz CT molecular complexity index is 462. The first kappa shape index (κ1) is 15.0. The van der Waals surface area contributed by atoms with Crippen LogP contribution in [-0.2, 0) is 16.1 Å². The highest BCUT2D eigenvalue weighted by Crippen LogP contribution is 2.18. The van der Waals surface area contributed by atoms with E-state index in [1.54, 1.807) is 0 Å². The molecule has 0 radical (unpaired) electrons. The Labute approximate surface area is 121 Å². The molecule has 1 heterocycles. The minimum absolute atomic E-state index is 0.0658. The molecule has 1 aliphatic rings. The monoisotopic (exact) mass is 276 g/mol. The topological polar surface area (TPSA) is 41.6 Å². The van der Waals surface area contributed by atoms with Gasteiger partial charge in [0.15, 0.2) is 0 Å². The van der Waals surface area contributed by atoms with Crippen LogP contribution in [0.2, 0.25) is 0 Å². The van der Waals surface area contributed by atoms with Crippen LogP contribution in [-0.4, -0.2) is 43.7 Å². The zero-order valence-corrected chi connectivity index (χ0v) is 12.6. The standard InChI is InChI=1S/C16H24N2O2/c1-4-17-15-11-20-10-14(15)16(19)18(3)9-13-8-6-5-7-12(13)2/h5-8,14-15,17H,4,9-11H2,1-3H3. The average molecular weight is 276 g/mol. The Hall–Kier alpha value is -1.39. The molecule has 1 aromatic carbocycles. The molecule has 4 nitrogen and oxygen atoms in total. The van der Waals surface area contributed by atoms with E-state index in [0.29, 0.717) is 19.8 Å². The van der Waals surface area contributed by atoms with Crippen LogP contribution in [0.15, 0.2) is 24.3 Å². The first-order chi connectivity index (χ1) is 9.63. The lowest BCUT2D eigenvalue weighted by Gasteiger charge is -2.25. The Balaban J connectivity index is 2.00. The summed E-state index contributed by atoms with van der Waals surface area (Å²) in [4.78, 5) is 14.4. The molecular formula is C16H24N2O2. The Morgan fingerprint density at radius 1 is 1.40 bits per heavy atom. The minimum Gasteiger partial charge on any atom is -0.379 e. The summed E-state index contributed by atoms with van der Waals surface area (Å²) in [6.07, 6.45) is 0. The quantitative estimate of drug-likeness (QED) is 0.888. The molecule has 2 atom stereocenters. The fourth-order valence-corrected chi connectivity index (χ4v) is 2.67. The molecule has 1 fully saturated rings. The first-order valence-electron chi connectivity index (χ1n) is 7.24. The largest absolute Gasteiger partial charge is 0.379 e. The summed E-state index contributed by atoms with van der Waals surface area (Å²) >= 11 is 0. The van der Waals surface area contributed by atoms with Gasteiger partial charge in [0.1, 0.15) is 0 Å². The molecule has 4 heteroatoms. The van der Waals surface area contributed by atoms with Gasteiger partial charge in [0, 0.05) is 19.6 Å². The molecule has 0 saturated carbocycles. The third-order valence-electron chi connectivity index (χ3n) is 3.91. The van der Waals surface area contributed by atoms with Gasteiger partial charge >= 0.3 is 0 Å². The number of amides is 1. The lowest BCUT2D eigenvalue weighted by atomic mass is 10.0. The van der Waals surface area contributed by atoms with Crippen LogP contribution in [0.5, 0.6) is 0 Å². The van der Waals surface area contributed by atoms with Crippen LogP contribution in [0.1, 0.15) is 18.1 Å². The number of aryl methyl sites for hydroxylation is 1. The summed E-state index contributed by atoms with van der Waals surface area (Å²) in [6.45, 7) is 6.79. The number of rotatable bonds is 5. The Kier molecular flexibility index (Phi) is 5.15. The Morgan fingerprint density at radius 3 is 2.85 bits per heavy atom. The highest BCUT2D eigenvalue weighted by atomic mass is 16.5. The normalized spacial score (nSPS) is 21.9. The fraction of sp³-hybridized carbons (Fsp3) is 0.562. The number of nitrogens with zero attached hydrogens (tertiary/aromatic N) is 1. The van der Waals surface area contributed by atoms with E-state index in [1.165, 1.54) is 11.1 Å². The van der Waals surface area contributed by atoms with E-state index in [-0.39, 0.29) is 17.9 Å². The van der Waals surface area contributed by atoms with Crippen molar-refractivity contribution in [2.24, 2.45) is 5.92 Å². The molecule has 2 unspecified atom stereocenters. The van der Waals surface area contributed by atoms with Crippen LogP contribution in [0, 0.1) is 12.8 Å². The third-order valence-corrected chi connectivity index (χ3v) is 3.91. The summed E-state index contributed by atoms with van der Waals surface area (Å²) in [7, 11) is 1.87. The van der Waals surface area contributed by atoms with Crippen molar-refractivity contribution in [2.75, 3.05) is 26.8 Å². The van der Waals surface area contributed by atoms with E-state index in [2.05, 4.69) is 31.3 Å². The van der Waals surface area contributed by atoms with Crippen LogP contribution >= 0.6 is 0 Å². The number of ether oxygens (including phenoxy) is 1. The van der Waals surface area contributed by atoms with Crippen molar-refractivity contribution in [2.45, 2.75) is 26.4 Å². The van der Waals surface area contributed by atoms with E-state index in [9.17, 15) is 4.79 Å². The molecule has 0 aliphatic carbocycles. The van der Waals surface area contributed by atoms with Crippen molar-refractivity contribution in [1.82, 2.24) is 10.2 Å². The van der Waals surface area contributed by atoms with Gasteiger partial charge < -0.3 is 15.0 Å². The molecule has 20 heavy (non-hydrogen) atoms. The highest BCUT2D eigenvalue weighted by Gasteiger charge is 2.35. The van der Waals surface area contributed by atoms with Crippen molar-refractivity contribution < 1.29 is 9.53 Å². The predicted octanol–water partition coefficient (Wildman–Crippen LogP) is 1.58. The van der Waals surface area contributed by atoms with Gasteiger partial charge in [-0.05, 0) is 24.6 Å². The van der Waals surface area contributed by atoms with Gasteiger partial charge in [-0.3, -0.25) is 4.79 Å². The van der Waals surface area contributed by atoms with Gasteiger partial charge in [-0.2, -0.15) is 0 Å². The number of benzene rings is 1. The SMILES string of the molecule is CCNC1COCC1C(=O)N(C)Cc1ccccc1C. The lowest BCUT2D eigenvalue weighted by molar-refractivity contribution is -0.135. The molecule has 0 bridgehead atoms. The average Bonchev–Trinajstić information content (AvgIpc) is 2.89. The predicted molar refractivity (Wildman–Crippen MR) is 79.4 cm³/mol. The molecule has 1 aromatic rings. The zero-order valence-electron chi connectivity index (χ0n) is 12.6. The summed E-state index contributed by atoms with van der Waals surface area (Å²) < 4.78 is 5.46. The molecule has 1 N–H and O–H groups in total. The summed E-state index contributed by atoms with van der Waals surface area (Å²) in [5, 5.41) is 3.33. The van der Waals surface area contributed by atoms with Crippen LogP contribution in [0.4, 0.5) is 0 Å². The lowest BCUT2D eigenvalue weighted by Crippen LogP contribution is -2.44. The second-order valence-corrected chi connectivity index (χ2v) is 5.43. The molecule has 2 rings (SSSR count). The van der Waals surface area contributed by atoms with Gasteiger partial charge in [-0.1, -0.05) is 31.2 Å². The maximum Gasteiger partial charge on any atom is 0.229 e. The molecule has 110 valence electrons. The van der Waals surface area contributed by atoms with Crippen molar-refractivity contribution in [3.8, 4) is 0 Å². The van der Waals surface area contributed by atoms with Gasteiger partial charge in [0.05, 0.1) is 19.1 Å². The number of carbonyl (C=O) groups excluding carboxylic acids is 1. The number of hydrogen-bond acceptors (Lipinski definition) is 3. The molecule has 0 aromatic heterocycles. The van der Waals surface area contributed by atoms with Gasteiger partial charge in [-0.15, -0.1) is 0 Å².